The van der Waals surface area contributed by atoms with Gasteiger partial charge in [-0.2, -0.15) is 0 Å². The fraction of sp³-hybridized carbons (Fsp3) is 0.278. The first-order valence-electron chi connectivity index (χ1n) is 8.01. The highest BCUT2D eigenvalue weighted by Crippen LogP contribution is 2.19. The second kappa shape index (κ2) is 8.53. The van der Waals surface area contributed by atoms with Crippen molar-refractivity contribution < 1.29 is 17.9 Å². The monoisotopic (exact) mass is 362 g/mol. The molecule has 0 fully saturated rings. The Bertz CT molecular complexity index is 800. The normalized spacial score (nSPS) is 11.0. The number of sulfonamides is 1. The minimum atomic E-state index is -3.70. The molecule has 25 heavy (non-hydrogen) atoms. The van der Waals surface area contributed by atoms with Crippen LogP contribution in [0.4, 0.5) is 5.69 Å². The molecule has 2 aromatic carbocycles. The number of amides is 1. The molecule has 7 heteroatoms. The standard InChI is InChI=1S/C18H22N2O4S/c1-3-4-13-19-18(21)14-5-7-15(8-6-14)20-25(22,23)17-11-9-16(24-2)10-12-17/h5-12,20H,3-4,13H2,1-2H3,(H,19,21). The van der Waals surface area contributed by atoms with E-state index in [2.05, 4.69) is 17.0 Å². The smallest absolute Gasteiger partial charge is 0.261 e. The van der Waals surface area contributed by atoms with Crippen LogP contribution in [-0.2, 0) is 10.0 Å². The van der Waals surface area contributed by atoms with E-state index in [1.165, 1.54) is 19.2 Å². The van der Waals surface area contributed by atoms with E-state index in [0.717, 1.165) is 12.8 Å². The van der Waals surface area contributed by atoms with Crippen molar-refractivity contribution in [3.63, 3.8) is 0 Å². The van der Waals surface area contributed by atoms with Crippen LogP contribution in [0.3, 0.4) is 0 Å². The lowest BCUT2D eigenvalue weighted by Gasteiger charge is -2.10. The molecule has 0 saturated carbocycles. The van der Waals surface area contributed by atoms with Crippen LogP contribution in [0, 0.1) is 0 Å². The van der Waals surface area contributed by atoms with Crippen molar-refractivity contribution in [3.8, 4) is 5.75 Å². The molecular formula is C18H22N2O4S. The van der Waals surface area contributed by atoms with Gasteiger partial charge in [0, 0.05) is 17.8 Å². The molecule has 0 aliphatic carbocycles. The van der Waals surface area contributed by atoms with E-state index in [1.807, 2.05) is 0 Å². The summed E-state index contributed by atoms with van der Waals surface area (Å²) in [4.78, 5) is 12.1. The second-order valence-corrected chi connectivity index (χ2v) is 7.15. The quantitative estimate of drug-likeness (QED) is 0.707. The lowest BCUT2D eigenvalue weighted by Crippen LogP contribution is -2.24. The fourth-order valence-electron chi connectivity index (χ4n) is 2.14. The second-order valence-electron chi connectivity index (χ2n) is 5.47. The minimum Gasteiger partial charge on any atom is -0.497 e. The maximum Gasteiger partial charge on any atom is 0.261 e. The Morgan fingerprint density at radius 2 is 1.68 bits per heavy atom. The van der Waals surface area contributed by atoms with Crippen LogP contribution in [0.25, 0.3) is 0 Å². The van der Waals surface area contributed by atoms with Crippen molar-refractivity contribution in [3.05, 3.63) is 54.1 Å². The molecule has 0 aliphatic rings. The first-order valence-corrected chi connectivity index (χ1v) is 9.49. The highest BCUT2D eigenvalue weighted by atomic mass is 32.2. The van der Waals surface area contributed by atoms with Gasteiger partial charge in [0.2, 0.25) is 0 Å². The SMILES string of the molecule is CCCCNC(=O)c1ccc(NS(=O)(=O)c2ccc(OC)cc2)cc1. The third kappa shape index (κ3) is 5.22. The summed E-state index contributed by atoms with van der Waals surface area (Å²) in [5.41, 5.74) is 0.879. The molecule has 2 aromatic rings. The number of anilines is 1. The number of hydrogen-bond donors (Lipinski definition) is 2. The Hall–Kier alpha value is -2.54. The fourth-order valence-corrected chi connectivity index (χ4v) is 3.20. The van der Waals surface area contributed by atoms with Crippen LogP contribution < -0.4 is 14.8 Å². The van der Waals surface area contributed by atoms with Gasteiger partial charge in [0.1, 0.15) is 5.75 Å². The number of hydrogen-bond acceptors (Lipinski definition) is 4. The topological polar surface area (TPSA) is 84.5 Å². The first-order chi connectivity index (χ1) is 12.0. The van der Waals surface area contributed by atoms with Crippen molar-refractivity contribution in [2.75, 3.05) is 18.4 Å². The first kappa shape index (κ1) is 18.8. The maximum atomic E-state index is 12.4. The van der Waals surface area contributed by atoms with Gasteiger partial charge in [0.05, 0.1) is 12.0 Å². The molecule has 6 nitrogen and oxygen atoms in total. The highest BCUT2D eigenvalue weighted by molar-refractivity contribution is 7.92. The Morgan fingerprint density at radius 3 is 2.24 bits per heavy atom. The lowest BCUT2D eigenvalue weighted by molar-refractivity contribution is 0.0953. The lowest BCUT2D eigenvalue weighted by atomic mass is 10.2. The van der Waals surface area contributed by atoms with Gasteiger partial charge in [0.25, 0.3) is 15.9 Å². The summed E-state index contributed by atoms with van der Waals surface area (Å²) in [6, 6.07) is 12.4. The molecule has 0 bridgehead atoms. The average molecular weight is 362 g/mol. The molecule has 0 heterocycles. The highest BCUT2D eigenvalue weighted by Gasteiger charge is 2.14. The summed E-state index contributed by atoms with van der Waals surface area (Å²) in [7, 11) is -2.18. The minimum absolute atomic E-state index is 0.134. The number of rotatable bonds is 8. The van der Waals surface area contributed by atoms with Crippen LogP contribution in [-0.4, -0.2) is 28.0 Å². The molecule has 2 N–H and O–H groups in total. The summed E-state index contributed by atoms with van der Waals surface area (Å²) in [6.45, 7) is 2.68. The zero-order valence-corrected chi connectivity index (χ0v) is 15.1. The van der Waals surface area contributed by atoms with Crippen molar-refractivity contribution in [1.82, 2.24) is 5.32 Å². The molecular weight excluding hydrogens is 340 g/mol. The van der Waals surface area contributed by atoms with Crippen molar-refractivity contribution in [2.45, 2.75) is 24.7 Å². The number of methoxy groups -OCH3 is 1. The molecule has 0 saturated heterocycles. The summed E-state index contributed by atoms with van der Waals surface area (Å²) in [5, 5.41) is 2.81. The summed E-state index contributed by atoms with van der Waals surface area (Å²) < 4.78 is 32.2. The van der Waals surface area contributed by atoms with Gasteiger partial charge < -0.3 is 10.1 Å². The van der Waals surface area contributed by atoms with Gasteiger partial charge in [-0.1, -0.05) is 13.3 Å². The third-order valence-electron chi connectivity index (χ3n) is 3.58. The maximum absolute atomic E-state index is 12.4. The molecule has 0 atom stereocenters. The Kier molecular flexibility index (Phi) is 6.41. The van der Waals surface area contributed by atoms with Crippen LogP contribution >= 0.6 is 0 Å². The Morgan fingerprint density at radius 1 is 1.04 bits per heavy atom. The van der Waals surface area contributed by atoms with Gasteiger partial charge in [-0.15, -0.1) is 0 Å². The Balaban J connectivity index is 2.05. The molecule has 134 valence electrons. The van der Waals surface area contributed by atoms with E-state index < -0.39 is 10.0 Å². The van der Waals surface area contributed by atoms with E-state index in [4.69, 9.17) is 4.74 Å². The summed E-state index contributed by atoms with van der Waals surface area (Å²) in [5.74, 6) is 0.412. The number of benzene rings is 2. The molecule has 0 radical (unpaired) electrons. The van der Waals surface area contributed by atoms with Crippen LogP contribution in [0.2, 0.25) is 0 Å². The average Bonchev–Trinajstić information content (AvgIpc) is 2.62. The van der Waals surface area contributed by atoms with Crippen molar-refractivity contribution in [1.29, 1.82) is 0 Å². The van der Waals surface area contributed by atoms with Gasteiger partial charge >= 0.3 is 0 Å². The van der Waals surface area contributed by atoms with Gasteiger partial charge in [0.15, 0.2) is 0 Å². The van der Waals surface area contributed by atoms with Crippen molar-refractivity contribution in [2.24, 2.45) is 0 Å². The number of unbranched alkanes of at least 4 members (excludes halogenated alkanes) is 1. The number of nitrogens with one attached hydrogen (secondary N) is 2. The van der Waals surface area contributed by atoms with Crippen LogP contribution in [0.1, 0.15) is 30.1 Å². The zero-order valence-electron chi connectivity index (χ0n) is 14.3. The predicted octanol–water partition coefficient (Wildman–Crippen LogP) is 3.03. The third-order valence-corrected chi connectivity index (χ3v) is 4.98. The largest absolute Gasteiger partial charge is 0.497 e. The van der Waals surface area contributed by atoms with Crippen LogP contribution in [0.5, 0.6) is 5.75 Å². The molecule has 0 unspecified atom stereocenters. The van der Waals surface area contributed by atoms with Gasteiger partial charge in [-0.05, 0) is 55.0 Å². The molecule has 1 amide bonds. The number of carbonyl (C=O) groups excluding carboxylic acids is 1. The van der Waals surface area contributed by atoms with Crippen LogP contribution in [0.15, 0.2) is 53.4 Å². The van der Waals surface area contributed by atoms with Gasteiger partial charge in [-0.3, -0.25) is 9.52 Å². The van der Waals surface area contributed by atoms with E-state index in [0.29, 0.717) is 23.5 Å². The number of ether oxygens (including phenoxy) is 1. The van der Waals surface area contributed by atoms with Crippen molar-refractivity contribution >= 4 is 21.6 Å². The van der Waals surface area contributed by atoms with E-state index >= 15 is 0 Å². The summed E-state index contributed by atoms with van der Waals surface area (Å²) >= 11 is 0. The van der Waals surface area contributed by atoms with Gasteiger partial charge in [-0.25, -0.2) is 8.42 Å². The molecule has 0 aliphatic heterocycles. The molecule has 0 aromatic heterocycles. The van der Waals surface area contributed by atoms with E-state index in [9.17, 15) is 13.2 Å². The molecule has 2 rings (SSSR count). The van der Waals surface area contributed by atoms with E-state index in [-0.39, 0.29) is 10.8 Å². The Labute approximate surface area is 148 Å². The van der Waals surface area contributed by atoms with E-state index in [1.54, 1.807) is 36.4 Å². The zero-order chi connectivity index (χ0) is 18.3. The number of carbonyl (C=O) groups is 1. The predicted molar refractivity (Wildman–Crippen MR) is 97.5 cm³/mol. The molecule has 0 spiro atoms. The summed E-state index contributed by atoms with van der Waals surface area (Å²) in [6.07, 6.45) is 1.93.